The van der Waals surface area contributed by atoms with Gasteiger partial charge in [0, 0.05) is 17.1 Å². The van der Waals surface area contributed by atoms with Crippen LogP contribution >= 0.6 is 0 Å². The van der Waals surface area contributed by atoms with Crippen LogP contribution in [0.15, 0.2) is 36.5 Å². The van der Waals surface area contributed by atoms with Crippen LogP contribution in [0, 0.1) is 0 Å². The predicted octanol–water partition coefficient (Wildman–Crippen LogP) is 2.29. The van der Waals surface area contributed by atoms with Crippen molar-refractivity contribution in [3.05, 3.63) is 36.5 Å². The van der Waals surface area contributed by atoms with E-state index in [4.69, 9.17) is 15.2 Å². The Balaban J connectivity index is 2.25. The van der Waals surface area contributed by atoms with Gasteiger partial charge in [0.25, 0.3) is 0 Å². The Labute approximate surface area is 121 Å². The lowest BCUT2D eigenvalue weighted by Gasteiger charge is -2.09. The van der Waals surface area contributed by atoms with E-state index in [0.717, 1.165) is 22.4 Å². The van der Waals surface area contributed by atoms with Crippen molar-refractivity contribution in [1.82, 2.24) is 15.0 Å². The fourth-order valence-electron chi connectivity index (χ4n) is 2.17. The molecule has 0 radical (unpaired) electrons. The number of nitrogens with zero attached hydrogens (tertiary/aromatic N) is 3. The Hall–Kier alpha value is -2.89. The zero-order chi connectivity index (χ0) is 14.8. The van der Waals surface area contributed by atoms with E-state index in [1.165, 1.54) is 0 Å². The summed E-state index contributed by atoms with van der Waals surface area (Å²) in [5, 5.41) is 0.834. The molecule has 3 rings (SSSR count). The summed E-state index contributed by atoms with van der Waals surface area (Å²) in [7, 11) is 3.18. The van der Waals surface area contributed by atoms with Crippen LogP contribution in [0.4, 0.5) is 5.95 Å². The summed E-state index contributed by atoms with van der Waals surface area (Å²) >= 11 is 0. The molecule has 0 atom stereocenters. The summed E-state index contributed by atoms with van der Waals surface area (Å²) in [6.45, 7) is 0. The summed E-state index contributed by atoms with van der Waals surface area (Å²) in [4.78, 5) is 12.7. The van der Waals surface area contributed by atoms with E-state index >= 15 is 0 Å². The molecule has 1 aromatic carbocycles. The number of fused-ring (bicyclic) bond motifs is 1. The number of nitrogens with two attached hydrogens (primary N) is 1. The van der Waals surface area contributed by atoms with E-state index in [0.29, 0.717) is 11.4 Å². The summed E-state index contributed by atoms with van der Waals surface area (Å²) in [5.74, 6) is 1.39. The molecule has 3 aromatic rings. The van der Waals surface area contributed by atoms with Crippen LogP contribution in [0.3, 0.4) is 0 Å². The molecule has 0 aliphatic rings. The first-order valence-electron chi connectivity index (χ1n) is 6.33. The second kappa shape index (κ2) is 5.24. The van der Waals surface area contributed by atoms with Gasteiger partial charge in [-0.1, -0.05) is 0 Å². The molecule has 0 fully saturated rings. The average molecular weight is 282 g/mol. The fourth-order valence-corrected chi connectivity index (χ4v) is 2.17. The second-order valence-electron chi connectivity index (χ2n) is 4.38. The van der Waals surface area contributed by atoms with Gasteiger partial charge < -0.3 is 15.2 Å². The number of hydrogen-bond donors (Lipinski definition) is 1. The van der Waals surface area contributed by atoms with E-state index < -0.39 is 0 Å². The Kier molecular flexibility index (Phi) is 3.27. The molecule has 0 saturated carbocycles. The van der Waals surface area contributed by atoms with Crippen molar-refractivity contribution in [3.63, 3.8) is 0 Å². The first-order valence-corrected chi connectivity index (χ1v) is 6.33. The van der Waals surface area contributed by atoms with Crippen molar-refractivity contribution in [1.29, 1.82) is 0 Å². The maximum atomic E-state index is 5.81. The van der Waals surface area contributed by atoms with Crippen molar-refractivity contribution >= 4 is 16.9 Å². The first kappa shape index (κ1) is 13.1. The van der Waals surface area contributed by atoms with Crippen LogP contribution in [0.1, 0.15) is 0 Å². The van der Waals surface area contributed by atoms with E-state index in [2.05, 4.69) is 15.0 Å². The molecule has 0 unspecified atom stereocenters. The van der Waals surface area contributed by atoms with Crippen molar-refractivity contribution < 1.29 is 9.47 Å². The van der Waals surface area contributed by atoms with Gasteiger partial charge in [0.2, 0.25) is 11.8 Å². The number of aromatic nitrogens is 3. The van der Waals surface area contributed by atoms with E-state index in [1.54, 1.807) is 20.4 Å². The van der Waals surface area contributed by atoms with Crippen molar-refractivity contribution in [2.24, 2.45) is 0 Å². The molecule has 2 N–H and O–H groups in total. The lowest BCUT2D eigenvalue weighted by Crippen LogP contribution is -2.00. The number of methoxy groups -OCH3 is 2. The van der Waals surface area contributed by atoms with Gasteiger partial charge >= 0.3 is 0 Å². The SMILES string of the molecule is COc1ccc(-c2nc(N)nc3c(OC)nccc23)cc1. The zero-order valence-corrected chi connectivity index (χ0v) is 11.7. The highest BCUT2D eigenvalue weighted by molar-refractivity contribution is 5.95. The average Bonchev–Trinajstić information content (AvgIpc) is 2.53. The number of benzene rings is 1. The van der Waals surface area contributed by atoms with Crippen molar-refractivity contribution in [2.75, 3.05) is 20.0 Å². The number of rotatable bonds is 3. The molecular weight excluding hydrogens is 268 g/mol. The maximum absolute atomic E-state index is 5.81. The van der Waals surface area contributed by atoms with Crippen molar-refractivity contribution in [3.8, 4) is 22.9 Å². The van der Waals surface area contributed by atoms with Gasteiger partial charge in [0.15, 0.2) is 0 Å². The molecule has 0 spiro atoms. The predicted molar refractivity (Wildman–Crippen MR) is 80.3 cm³/mol. The Morgan fingerprint density at radius 2 is 1.71 bits per heavy atom. The standard InChI is InChI=1S/C15H14N4O2/c1-20-10-5-3-9(4-6-10)12-11-7-8-17-14(21-2)13(11)19-15(16)18-12/h3-8H,1-2H3,(H2,16,18,19). The number of ether oxygens (including phenoxy) is 2. The Morgan fingerprint density at radius 3 is 2.38 bits per heavy atom. The third-order valence-electron chi connectivity index (χ3n) is 3.16. The number of hydrogen-bond acceptors (Lipinski definition) is 6. The number of nitrogen functional groups attached to an aromatic ring is 1. The van der Waals surface area contributed by atoms with Gasteiger partial charge in [0.05, 0.1) is 19.9 Å². The summed E-state index contributed by atoms with van der Waals surface area (Å²) in [5.41, 5.74) is 8.06. The third kappa shape index (κ3) is 2.31. The lowest BCUT2D eigenvalue weighted by atomic mass is 10.1. The molecule has 0 aliphatic heterocycles. The highest BCUT2D eigenvalue weighted by Crippen LogP contribution is 2.31. The minimum Gasteiger partial charge on any atom is -0.497 e. The minimum atomic E-state index is 0.180. The normalized spacial score (nSPS) is 10.6. The van der Waals surface area contributed by atoms with Gasteiger partial charge in [-0.3, -0.25) is 0 Å². The molecule has 6 nitrogen and oxygen atoms in total. The van der Waals surface area contributed by atoms with Crippen LogP contribution < -0.4 is 15.2 Å². The quantitative estimate of drug-likeness (QED) is 0.793. The van der Waals surface area contributed by atoms with Gasteiger partial charge in [-0.25, -0.2) is 15.0 Å². The lowest BCUT2D eigenvalue weighted by molar-refractivity contribution is 0.402. The maximum Gasteiger partial charge on any atom is 0.240 e. The molecule has 106 valence electrons. The van der Waals surface area contributed by atoms with E-state index in [-0.39, 0.29) is 5.95 Å². The molecule has 0 amide bonds. The molecule has 0 saturated heterocycles. The molecule has 21 heavy (non-hydrogen) atoms. The van der Waals surface area contributed by atoms with Gasteiger partial charge in [-0.05, 0) is 30.3 Å². The molecular formula is C15H14N4O2. The van der Waals surface area contributed by atoms with Crippen LogP contribution in [-0.4, -0.2) is 29.2 Å². The zero-order valence-electron chi connectivity index (χ0n) is 11.7. The molecule has 6 heteroatoms. The highest BCUT2D eigenvalue weighted by atomic mass is 16.5. The van der Waals surface area contributed by atoms with Gasteiger partial charge in [-0.15, -0.1) is 0 Å². The largest absolute Gasteiger partial charge is 0.497 e. The Bertz CT molecular complexity index is 788. The fraction of sp³-hybridized carbons (Fsp3) is 0.133. The van der Waals surface area contributed by atoms with Crippen LogP contribution in [0.5, 0.6) is 11.6 Å². The van der Waals surface area contributed by atoms with Gasteiger partial charge in [0.1, 0.15) is 11.3 Å². The molecule has 0 bridgehead atoms. The molecule has 0 aliphatic carbocycles. The van der Waals surface area contributed by atoms with Crippen LogP contribution in [0.25, 0.3) is 22.2 Å². The number of anilines is 1. The third-order valence-corrected chi connectivity index (χ3v) is 3.16. The summed E-state index contributed by atoms with van der Waals surface area (Å²) < 4.78 is 10.4. The monoisotopic (exact) mass is 282 g/mol. The van der Waals surface area contributed by atoms with Crippen molar-refractivity contribution in [2.45, 2.75) is 0 Å². The van der Waals surface area contributed by atoms with E-state index in [9.17, 15) is 0 Å². The highest BCUT2D eigenvalue weighted by Gasteiger charge is 2.12. The summed E-state index contributed by atoms with van der Waals surface area (Å²) in [6.07, 6.45) is 1.66. The molecule has 2 aromatic heterocycles. The minimum absolute atomic E-state index is 0.180. The topological polar surface area (TPSA) is 83.2 Å². The van der Waals surface area contributed by atoms with E-state index in [1.807, 2.05) is 30.3 Å². The smallest absolute Gasteiger partial charge is 0.240 e. The number of pyridine rings is 1. The summed E-state index contributed by atoms with van der Waals surface area (Å²) in [6, 6.07) is 9.44. The van der Waals surface area contributed by atoms with Gasteiger partial charge in [-0.2, -0.15) is 0 Å². The second-order valence-corrected chi connectivity index (χ2v) is 4.38. The van der Waals surface area contributed by atoms with Crippen LogP contribution in [-0.2, 0) is 0 Å². The first-order chi connectivity index (χ1) is 10.2. The Morgan fingerprint density at radius 1 is 0.952 bits per heavy atom. The van der Waals surface area contributed by atoms with Crippen LogP contribution in [0.2, 0.25) is 0 Å². The molecule has 2 heterocycles.